The molecule has 2 saturated heterocycles. The zero-order chi connectivity index (χ0) is 17.4. The molecule has 2 aromatic rings. The molecule has 2 atom stereocenters. The number of carbonyl (C=O) groups excluding carboxylic acids is 2. The normalized spacial score (nSPS) is 22.4. The number of hydroxylamine groups is 2. The van der Waals surface area contributed by atoms with Gasteiger partial charge in [-0.2, -0.15) is 0 Å². The highest BCUT2D eigenvalue weighted by molar-refractivity contribution is 9.10. The predicted molar refractivity (Wildman–Crippen MR) is 95.4 cm³/mol. The van der Waals surface area contributed by atoms with E-state index >= 15 is 0 Å². The van der Waals surface area contributed by atoms with Crippen LogP contribution in [0.1, 0.15) is 22.3 Å². The summed E-state index contributed by atoms with van der Waals surface area (Å²) in [6, 6.07) is 16.4. The number of hydrogen-bond acceptors (Lipinski definition) is 3. The second-order valence-electron chi connectivity index (χ2n) is 6.24. The summed E-state index contributed by atoms with van der Waals surface area (Å²) in [6.07, 6.45) is 0.417. The Balaban J connectivity index is 1.51. The zero-order valence-corrected chi connectivity index (χ0v) is 15.1. The summed E-state index contributed by atoms with van der Waals surface area (Å²) in [5.41, 5.74) is 1.58. The summed E-state index contributed by atoms with van der Waals surface area (Å²) in [6.45, 7) is 0.933. The number of benzene rings is 2. The molecule has 2 aliphatic rings. The van der Waals surface area contributed by atoms with Crippen molar-refractivity contribution in [2.45, 2.75) is 25.1 Å². The fourth-order valence-electron chi connectivity index (χ4n) is 3.38. The fraction of sp³-hybridized carbons (Fsp3) is 0.263. The van der Waals surface area contributed by atoms with Crippen LogP contribution in [0.4, 0.5) is 0 Å². The minimum atomic E-state index is -0.528. The topological polar surface area (TPSA) is 49.9 Å². The van der Waals surface area contributed by atoms with Crippen LogP contribution < -0.4 is 0 Å². The first-order valence-electron chi connectivity index (χ1n) is 8.22. The first-order chi connectivity index (χ1) is 12.1. The number of nitrogens with zero attached hydrogens (tertiary/aromatic N) is 2. The number of amides is 2. The number of carbonyl (C=O) groups is 2. The third-order valence-electron chi connectivity index (χ3n) is 4.62. The Kier molecular flexibility index (Phi) is 4.31. The van der Waals surface area contributed by atoms with E-state index in [1.165, 1.54) is 5.06 Å². The van der Waals surface area contributed by atoms with Crippen LogP contribution in [0.5, 0.6) is 0 Å². The van der Waals surface area contributed by atoms with Crippen molar-refractivity contribution in [3.8, 4) is 0 Å². The molecule has 2 heterocycles. The molecule has 25 heavy (non-hydrogen) atoms. The Morgan fingerprint density at radius 1 is 1.12 bits per heavy atom. The van der Waals surface area contributed by atoms with Gasteiger partial charge in [0.15, 0.2) is 0 Å². The minimum absolute atomic E-state index is 0.126. The van der Waals surface area contributed by atoms with Crippen LogP contribution in [-0.4, -0.2) is 40.5 Å². The molecule has 2 aromatic carbocycles. The van der Waals surface area contributed by atoms with Crippen molar-refractivity contribution in [1.29, 1.82) is 0 Å². The maximum atomic E-state index is 12.8. The number of fused-ring (bicyclic) bond motifs is 1. The summed E-state index contributed by atoms with van der Waals surface area (Å²) < 4.78 is 0.915. The van der Waals surface area contributed by atoms with E-state index in [1.807, 2.05) is 42.5 Å². The molecule has 0 N–H and O–H groups in total. The molecule has 2 aliphatic heterocycles. The van der Waals surface area contributed by atoms with Crippen molar-refractivity contribution in [1.82, 2.24) is 9.96 Å². The lowest BCUT2D eigenvalue weighted by Crippen LogP contribution is -2.43. The van der Waals surface area contributed by atoms with Crippen molar-refractivity contribution in [3.63, 3.8) is 0 Å². The van der Waals surface area contributed by atoms with Gasteiger partial charge in [0, 0.05) is 16.6 Å². The highest BCUT2D eigenvalue weighted by atomic mass is 79.9. The maximum absolute atomic E-state index is 12.8. The van der Waals surface area contributed by atoms with Crippen LogP contribution in [0, 0.1) is 0 Å². The van der Waals surface area contributed by atoms with Crippen LogP contribution in [0.3, 0.4) is 0 Å². The second kappa shape index (κ2) is 6.61. The number of likely N-dealkylation sites (tertiary alicyclic amines) is 1. The van der Waals surface area contributed by atoms with Gasteiger partial charge in [-0.05, 0) is 36.2 Å². The molecule has 0 unspecified atom stereocenters. The van der Waals surface area contributed by atoms with Gasteiger partial charge in [-0.25, -0.2) is 5.06 Å². The molecule has 2 fully saturated rings. The van der Waals surface area contributed by atoms with Crippen LogP contribution >= 0.6 is 15.9 Å². The van der Waals surface area contributed by atoms with Gasteiger partial charge in [-0.1, -0.05) is 46.3 Å². The smallest absolute Gasteiger partial charge is 0.272 e. The first kappa shape index (κ1) is 16.3. The molecule has 0 aliphatic carbocycles. The SMILES string of the molecule is O=C1[C@H]2[C@H](CCN2C(=O)c2ccc(Br)cc2)ON1Cc1ccccc1. The highest BCUT2D eigenvalue weighted by Crippen LogP contribution is 2.32. The molecule has 0 saturated carbocycles. The van der Waals surface area contributed by atoms with Gasteiger partial charge in [0.05, 0.1) is 6.54 Å². The van der Waals surface area contributed by atoms with Gasteiger partial charge in [0.25, 0.3) is 11.8 Å². The number of halogens is 1. The van der Waals surface area contributed by atoms with E-state index in [1.54, 1.807) is 17.0 Å². The molecular weight excluding hydrogens is 384 g/mol. The highest BCUT2D eigenvalue weighted by Gasteiger charge is 2.51. The second-order valence-corrected chi connectivity index (χ2v) is 7.16. The van der Waals surface area contributed by atoms with Gasteiger partial charge in [0.2, 0.25) is 0 Å². The maximum Gasteiger partial charge on any atom is 0.272 e. The minimum Gasteiger partial charge on any atom is -0.324 e. The van der Waals surface area contributed by atoms with Gasteiger partial charge in [-0.3, -0.25) is 14.4 Å². The molecule has 2 amide bonds. The molecule has 0 bridgehead atoms. The Morgan fingerprint density at radius 2 is 1.84 bits per heavy atom. The Bertz CT molecular complexity index is 794. The number of hydrogen-bond donors (Lipinski definition) is 0. The molecular formula is C19H17BrN2O3. The van der Waals surface area contributed by atoms with E-state index in [2.05, 4.69) is 15.9 Å². The average molecular weight is 401 g/mol. The van der Waals surface area contributed by atoms with Crippen molar-refractivity contribution in [2.75, 3.05) is 6.54 Å². The van der Waals surface area contributed by atoms with Gasteiger partial charge < -0.3 is 4.90 Å². The Morgan fingerprint density at radius 3 is 2.56 bits per heavy atom. The average Bonchev–Trinajstić information content (AvgIpc) is 3.17. The van der Waals surface area contributed by atoms with E-state index in [-0.39, 0.29) is 17.9 Å². The van der Waals surface area contributed by atoms with E-state index in [0.717, 1.165) is 10.0 Å². The van der Waals surface area contributed by atoms with Crippen LogP contribution in [0.15, 0.2) is 59.1 Å². The first-order valence-corrected chi connectivity index (χ1v) is 9.01. The van der Waals surface area contributed by atoms with E-state index < -0.39 is 6.04 Å². The zero-order valence-electron chi connectivity index (χ0n) is 13.5. The molecule has 6 heteroatoms. The van der Waals surface area contributed by atoms with Crippen molar-refractivity contribution >= 4 is 27.7 Å². The Labute approximate surface area is 154 Å². The van der Waals surface area contributed by atoms with E-state index in [9.17, 15) is 9.59 Å². The molecule has 5 nitrogen and oxygen atoms in total. The van der Waals surface area contributed by atoms with E-state index in [0.29, 0.717) is 25.1 Å². The molecule has 0 spiro atoms. The van der Waals surface area contributed by atoms with Crippen LogP contribution in [0.2, 0.25) is 0 Å². The van der Waals surface area contributed by atoms with Crippen LogP contribution in [-0.2, 0) is 16.2 Å². The third-order valence-corrected chi connectivity index (χ3v) is 5.15. The van der Waals surface area contributed by atoms with Gasteiger partial charge in [-0.15, -0.1) is 0 Å². The van der Waals surface area contributed by atoms with Crippen molar-refractivity contribution in [3.05, 3.63) is 70.2 Å². The fourth-order valence-corrected chi connectivity index (χ4v) is 3.64. The molecule has 0 radical (unpaired) electrons. The third kappa shape index (κ3) is 3.07. The van der Waals surface area contributed by atoms with Crippen molar-refractivity contribution < 1.29 is 14.4 Å². The summed E-state index contributed by atoms with van der Waals surface area (Å²) in [5.74, 6) is -0.268. The lowest BCUT2D eigenvalue weighted by atomic mass is 10.1. The summed E-state index contributed by atoms with van der Waals surface area (Å²) in [4.78, 5) is 33.0. The lowest BCUT2D eigenvalue weighted by Gasteiger charge is -2.22. The summed E-state index contributed by atoms with van der Waals surface area (Å²) >= 11 is 3.37. The largest absolute Gasteiger partial charge is 0.324 e. The Hall–Kier alpha value is -2.18. The molecule has 4 rings (SSSR count). The predicted octanol–water partition coefficient (Wildman–Crippen LogP) is 3.01. The van der Waals surface area contributed by atoms with Crippen molar-refractivity contribution in [2.24, 2.45) is 0 Å². The molecule has 0 aromatic heterocycles. The van der Waals surface area contributed by atoms with E-state index in [4.69, 9.17) is 4.84 Å². The monoisotopic (exact) mass is 400 g/mol. The standard InChI is InChI=1S/C19H17BrN2O3/c20-15-8-6-14(7-9-15)18(23)21-11-10-16-17(21)19(24)22(25-16)12-13-4-2-1-3-5-13/h1-9,16-17H,10-12H2/t16-,17+/m0/s1. The lowest BCUT2D eigenvalue weighted by molar-refractivity contribution is -0.177. The quantitative estimate of drug-likeness (QED) is 0.795. The summed E-state index contributed by atoms with van der Waals surface area (Å²) in [7, 11) is 0. The van der Waals surface area contributed by atoms with Gasteiger partial charge >= 0.3 is 0 Å². The summed E-state index contributed by atoms with van der Waals surface area (Å²) in [5, 5.41) is 1.39. The molecule has 128 valence electrons. The number of rotatable bonds is 3. The van der Waals surface area contributed by atoms with Gasteiger partial charge in [0.1, 0.15) is 12.1 Å². The van der Waals surface area contributed by atoms with Crippen LogP contribution in [0.25, 0.3) is 0 Å².